The number of carbonyl (C=O) groups is 3. The number of carbonyl (C=O) groups excluding carboxylic acids is 3. The normalized spacial score (nSPS) is 21.4. The summed E-state index contributed by atoms with van der Waals surface area (Å²) in [5, 5.41) is 2.83. The molecule has 2 aliphatic rings. The van der Waals surface area contributed by atoms with E-state index in [2.05, 4.69) is 54.7 Å². The van der Waals surface area contributed by atoms with Crippen LogP contribution in [0.25, 0.3) is 11.1 Å². The third-order valence-corrected chi connectivity index (χ3v) is 7.16. The average Bonchev–Trinajstić information content (AvgIpc) is 3.45. The maximum atomic E-state index is 13.2. The van der Waals surface area contributed by atoms with Gasteiger partial charge < -0.3 is 15.1 Å². The van der Waals surface area contributed by atoms with Crippen LogP contribution in [0.3, 0.4) is 0 Å². The molecule has 0 aliphatic carbocycles. The van der Waals surface area contributed by atoms with Gasteiger partial charge >= 0.3 is 0 Å². The zero-order valence-corrected chi connectivity index (χ0v) is 19.8. The van der Waals surface area contributed by atoms with E-state index in [1.807, 2.05) is 6.07 Å². The van der Waals surface area contributed by atoms with E-state index >= 15 is 0 Å². The molecule has 6 heteroatoms. The third kappa shape index (κ3) is 4.65. The Bertz CT molecular complexity index is 1050. The minimum atomic E-state index is -0.676. The highest BCUT2D eigenvalue weighted by Crippen LogP contribution is 2.36. The van der Waals surface area contributed by atoms with Gasteiger partial charge in [0.15, 0.2) is 0 Å². The maximum absolute atomic E-state index is 13.2. The van der Waals surface area contributed by atoms with Gasteiger partial charge in [0.25, 0.3) is 0 Å². The minimum Gasteiger partial charge on any atom is -0.359 e. The lowest BCUT2D eigenvalue weighted by Gasteiger charge is -2.30. The first-order valence-electron chi connectivity index (χ1n) is 11.8. The summed E-state index contributed by atoms with van der Waals surface area (Å²) in [7, 11) is 1.66. The molecular weight excluding hydrogens is 414 g/mol. The van der Waals surface area contributed by atoms with Gasteiger partial charge in [0.05, 0.1) is 5.41 Å². The first kappa shape index (κ1) is 23.0. The standard InChI is InChI=1S/C27H33N3O3/c1-19-9-11-22(12-10-19)23-7-4-6-21(16-23)17-27(26(33)28-3)13-15-29(18-27)25(32)20(2)30-14-5-8-24(30)31/h4,6-7,9-12,16,20H,5,8,13-15,17-18H2,1-3H3,(H,28,33)/t20-,27-/m0/s1. The number of benzene rings is 2. The monoisotopic (exact) mass is 447 g/mol. The molecule has 2 heterocycles. The van der Waals surface area contributed by atoms with E-state index in [0.29, 0.717) is 38.9 Å². The topological polar surface area (TPSA) is 69.7 Å². The van der Waals surface area contributed by atoms with E-state index in [-0.39, 0.29) is 17.7 Å². The van der Waals surface area contributed by atoms with Crippen molar-refractivity contribution >= 4 is 17.7 Å². The fourth-order valence-electron chi connectivity index (χ4n) is 5.21. The Morgan fingerprint density at radius 1 is 1.09 bits per heavy atom. The number of hydrogen-bond acceptors (Lipinski definition) is 3. The molecular formula is C27H33N3O3. The van der Waals surface area contributed by atoms with Gasteiger partial charge in [0.1, 0.15) is 6.04 Å². The number of aryl methyl sites for hydroxylation is 1. The van der Waals surface area contributed by atoms with Crippen LogP contribution in [0.15, 0.2) is 48.5 Å². The Labute approximate surface area is 196 Å². The lowest BCUT2D eigenvalue weighted by Crippen LogP contribution is -2.49. The molecule has 0 aromatic heterocycles. The summed E-state index contributed by atoms with van der Waals surface area (Å²) in [4.78, 5) is 41.8. The van der Waals surface area contributed by atoms with Crippen LogP contribution in [0.1, 0.15) is 37.3 Å². The van der Waals surface area contributed by atoms with Crippen LogP contribution in [0.2, 0.25) is 0 Å². The van der Waals surface area contributed by atoms with Crippen LogP contribution in [0.5, 0.6) is 0 Å². The molecule has 2 aromatic carbocycles. The molecule has 4 rings (SSSR count). The first-order valence-corrected chi connectivity index (χ1v) is 11.8. The maximum Gasteiger partial charge on any atom is 0.245 e. The number of nitrogens with one attached hydrogen (secondary N) is 1. The average molecular weight is 448 g/mol. The summed E-state index contributed by atoms with van der Waals surface area (Å²) >= 11 is 0. The van der Waals surface area contributed by atoms with Crippen molar-refractivity contribution in [1.29, 1.82) is 0 Å². The van der Waals surface area contributed by atoms with E-state index in [1.165, 1.54) is 5.56 Å². The highest BCUT2D eigenvalue weighted by atomic mass is 16.2. The predicted octanol–water partition coefficient (Wildman–Crippen LogP) is 3.18. The van der Waals surface area contributed by atoms with Gasteiger partial charge in [-0.2, -0.15) is 0 Å². The smallest absolute Gasteiger partial charge is 0.245 e. The quantitative estimate of drug-likeness (QED) is 0.740. The molecule has 3 amide bonds. The molecule has 0 saturated carbocycles. The van der Waals surface area contributed by atoms with Gasteiger partial charge in [-0.05, 0) is 49.8 Å². The van der Waals surface area contributed by atoms with Crippen LogP contribution in [0.4, 0.5) is 0 Å². The fraction of sp³-hybridized carbons (Fsp3) is 0.444. The second kappa shape index (κ2) is 9.38. The Hall–Kier alpha value is -3.15. The summed E-state index contributed by atoms with van der Waals surface area (Å²) < 4.78 is 0. The van der Waals surface area contributed by atoms with Crippen LogP contribution >= 0.6 is 0 Å². The van der Waals surface area contributed by atoms with Gasteiger partial charge in [0.2, 0.25) is 17.7 Å². The van der Waals surface area contributed by atoms with Crippen LogP contribution in [0, 0.1) is 12.3 Å². The second-order valence-electron chi connectivity index (χ2n) is 9.48. The van der Waals surface area contributed by atoms with Crippen molar-refractivity contribution in [3.63, 3.8) is 0 Å². The Morgan fingerprint density at radius 3 is 2.52 bits per heavy atom. The molecule has 2 atom stereocenters. The van der Waals surface area contributed by atoms with Crippen molar-refractivity contribution in [2.75, 3.05) is 26.7 Å². The van der Waals surface area contributed by atoms with E-state index in [0.717, 1.165) is 23.1 Å². The number of rotatable bonds is 6. The summed E-state index contributed by atoms with van der Waals surface area (Å²) in [5.41, 5.74) is 3.88. The molecule has 2 saturated heterocycles. The SMILES string of the molecule is CNC(=O)[C@]1(Cc2cccc(-c3ccc(C)cc3)c2)CCN(C(=O)[C@H](C)N2CCCC2=O)C1. The molecule has 33 heavy (non-hydrogen) atoms. The van der Waals surface area contributed by atoms with E-state index in [4.69, 9.17) is 0 Å². The highest BCUT2D eigenvalue weighted by Gasteiger charge is 2.47. The molecule has 6 nitrogen and oxygen atoms in total. The van der Waals surface area contributed by atoms with Crippen molar-refractivity contribution in [3.05, 3.63) is 59.7 Å². The largest absolute Gasteiger partial charge is 0.359 e. The number of likely N-dealkylation sites (tertiary alicyclic amines) is 2. The van der Waals surface area contributed by atoms with Crippen molar-refractivity contribution in [1.82, 2.24) is 15.1 Å². The zero-order chi connectivity index (χ0) is 23.6. The van der Waals surface area contributed by atoms with Gasteiger partial charge in [-0.15, -0.1) is 0 Å². The Morgan fingerprint density at radius 2 is 1.85 bits per heavy atom. The first-order chi connectivity index (χ1) is 15.8. The van der Waals surface area contributed by atoms with Crippen molar-refractivity contribution in [2.45, 2.75) is 45.6 Å². The summed E-state index contributed by atoms with van der Waals surface area (Å²) in [5.74, 6) is -0.0617. The lowest BCUT2D eigenvalue weighted by molar-refractivity contribution is -0.142. The van der Waals surface area contributed by atoms with Gasteiger partial charge in [-0.25, -0.2) is 0 Å². The van der Waals surface area contributed by atoms with E-state index in [1.54, 1.807) is 23.8 Å². The minimum absolute atomic E-state index is 0.0385. The molecule has 1 N–H and O–H groups in total. The van der Waals surface area contributed by atoms with Crippen LogP contribution in [-0.4, -0.2) is 60.2 Å². The van der Waals surface area contributed by atoms with Crippen LogP contribution in [-0.2, 0) is 20.8 Å². The summed E-state index contributed by atoms with van der Waals surface area (Å²) in [6.07, 6.45) is 2.48. The molecule has 174 valence electrons. The lowest BCUT2D eigenvalue weighted by atomic mass is 9.79. The van der Waals surface area contributed by atoms with Gasteiger partial charge in [0, 0.05) is 33.1 Å². The molecule has 2 aromatic rings. The molecule has 0 unspecified atom stereocenters. The Kier molecular flexibility index (Phi) is 6.54. The molecule has 0 bridgehead atoms. The molecule has 2 fully saturated rings. The zero-order valence-electron chi connectivity index (χ0n) is 19.8. The molecule has 0 spiro atoms. The summed E-state index contributed by atoms with van der Waals surface area (Å²) in [6, 6.07) is 16.2. The molecule has 2 aliphatic heterocycles. The highest BCUT2D eigenvalue weighted by molar-refractivity contribution is 5.90. The summed E-state index contributed by atoms with van der Waals surface area (Å²) in [6.45, 7) is 5.40. The number of amides is 3. The van der Waals surface area contributed by atoms with E-state index < -0.39 is 11.5 Å². The van der Waals surface area contributed by atoms with Gasteiger partial charge in [-0.3, -0.25) is 14.4 Å². The molecule has 0 radical (unpaired) electrons. The Balaban J connectivity index is 1.54. The van der Waals surface area contributed by atoms with Gasteiger partial charge in [-0.1, -0.05) is 54.1 Å². The van der Waals surface area contributed by atoms with Crippen molar-refractivity contribution in [3.8, 4) is 11.1 Å². The third-order valence-electron chi connectivity index (χ3n) is 7.16. The second-order valence-corrected chi connectivity index (χ2v) is 9.48. The van der Waals surface area contributed by atoms with Crippen molar-refractivity contribution in [2.24, 2.45) is 5.41 Å². The number of hydrogen-bond donors (Lipinski definition) is 1. The van der Waals surface area contributed by atoms with E-state index in [9.17, 15) is 14.4 Å². The van der Waals surface area contributed by atoms with Crippen molar-refractivity contribution < 1.29 is 14.4 Å². The fourth-order valence-corrected chi connectivity index (χ4v) is 5.21. The number of nitrogens with zero attached hydrogens (tertiary/aromatic N) is 2. The predicted molar refractivity (Wildman–Crippen MR) is 128 cm³/mol. The van der Waals surface area contributed by atoms with Crippen LogP contribution < -0.4 is 5.32 Å².